The molecule has 4 nitrogen and oxygen atoms in total. The first kappa shape index (κ1) is 14.3. The first-order chi connectivity index (χ1) is 10.3. The average Bonchev–Trinajstić information content (AvgIpc) is 2.98. The Kier molecular flexibility index (Phi) is 4.36. The fourth-order valence-electron chi connectivity index (χ4n) is 2.92. The van der Waals surface area contributed by atoms with Crippen LogP contribution < -0.4 is 5.73 Å². The Balaban J connectivity index is 1.53. The number of para-hydroxylation sites is 1. The van der Waals surface area contributed by atoms with Crippen molar-refractivity contribution in [3.05, 3.63) is 48.3 Å². The topological polar surface area (TPSA) is 53.1 Å². The average molecular weight is 285 g/mol. The van der Waals surface area contributed by atoms with Gasteiger partial charge in [0.1, 0.15) is 0 Å². The summed E-state index contributed by atoms with van der Waals surface area (Å²) >= 11 is 0. The molecule has 0 unspecified atom stereocenters. The Morgan fingerprint density at radius 3 is 2.62 bits per heavy atom. The molecule has 1 aromatic heterocycles. The summed E-state index contributed by atoms with van der Waals surface area (Å²) in [6.07, 6.45) is 7.87. The highest BCUT2D eigenvalue weighted by atomic mass is 16.5. The van der Waals surface area contributed by atoms with E-state index in [1.54, 1.807) is 0 Å². The molecular weight excluding hydrogens is 262 g/mol. The molecule has 1 aliphatic carbocycles. The van der Waals surface area contributed by atoms with E-state index in [0.717, 1.165) is 24.2 Å². The summed E-state index contributed by atoms with van der Waals surface area (Å²) in [5.41, 5.74) is 8.25. The van der Waals surface area contributed by atoms with Gasteiger partial charge in [0.25, 0.3) is 0 Å². The molecule has 1 saturated carbocycles. The third-order valence-corrected chi connectivity index (χ3v) is 4.15. The van der Waals surface area contributed by atoms with Crippen LogP contribution in [-0.2, 0) is 11.3 Å². The van der Waals surface area contributed by atoms with Crippen molar-refractivity contribution >= 4 is 0 Å². The number of aromatic nitrogens is 2. The lowest BCUT2D eigenvalue weighted by Crippen LogP contribution is -2.46. The molecule has 1 aliphatic rings. The molecule has 4 heteroatoms. The molecule has 0 spiro atoms. The maximum absolute atomic E-state index is 6.37. The second kappa shape index (κ2) is 6.41. The maximum atomic E-state index is 6.37. The van der Waals surface area contributed by atoms with Crippen molar-refractivity contribution < 1.29 is 4.74 Å². The number of hydrogen-bond donors (Lipinski definition) is 1. The minimum Gasteiger partial charge on any atom is -0.373 e. The molecule has 0 atom stereocenters. The van der Waals surface area contributed by atoms with E-state index in [2.05, 4.69) is 5.10 Å². The van der Waals surface area contributed by atoms with E-state index in [0.29, 0.717) is 13.2 Å². The van der Waals surface area contributed by atoms with Gasteiger partial charge < -0.3 is 10.5 Å². The third-order valence-electron chi connectivity index (χ3n) is 4.15. The van der Waals surface area contributed by atoms with Crippen LogP contribution in [0.15, 0.2) is 42.6 Å². The van der Waals surface area contributed by atoms with Crippen LogP contribution in [0.25, 0.3) is 5.69 Å². The van der Waals surface area contributed by atoms with Crippen LogP contribution in [0.3, 0.4) is 0 Å². The molecular formula is C17H23N3O. The van der Waals surface area contributed by atoms with Gasteiger partial charge in [-0.05, 0) is 31.0 Å². The zero-order chi connectivity index (χ0) is 14.5. The van der Waals surface area contributed by atoms with E-state index in [1.165, 1.54) is 19.3 Å². The summed E-state index contributed by atoms with van der Waals surface area (Å²) in [6, 6.07) is 12.1. The molecule has 1 fully saturated rings. The highest BCUT2D eigenvalue weighted by molar-refractivity contribution is 5.30. The van der Waals surface area contributed by atoms with Gasteiger partial charge in [-0.1, -0.05) is 37.5 Å². The molecule has 0 aliphatic heterocycles. The lowest BCUT2D eigenvalue weighted by atomic mass is 9.83. The van der Waals surface area contributed by atoms with Gasteiger partial charge in [0.2, 0.25) is 0 Å². The second-order valence-corrected chi connectivity index (χ2v) is 6.00. The Hall–Kier alpha value is -1.65. The fraction of sp³-hybridized carbons (Fsp3) is 0.471. The van der Waals surface area contributed by atoms with Crippen LogP contribution in [0.5, 0.6) is 0 Å². The van der Waals surface area contributed by atoms with Crippen molar-refractivity contribution in [3.8, 4) is 5.69 Å². The quantitative estimate of drug-likeness (QED) is 0.918. The lowest BCUT2D eigenvalue weighted by molar-refractivity contribution is 0.0557. The van der Waals surface area contributed by atoms with Crippen LogP contribution in [0.1, 0.15) is 37.8 Å². The predicted octanol–water partition coefficient (Wildman–Crippen LogP) is 3.05. The van der Waals surface area contributed by atoms with E-state index in [1.807, 2.05) is 47.3 Å². The van der Waals surface area contributed by atoms with Crippen LogP contribution >= 0.6 is 0 Å². The highest BCUT2D eigenvalue weighted by Gasteiger charge is 2.27. The zero-order valence-electron chi connectivity index (χ0n) is 12.4. The van der Waals surface area contributed by atoms with Gasteiger partial charge in [-0.15, -0.1) is 0 Å². The summed E-state index contributed by atoms with van der Waals surface area (Å²) in [5.74, 6) is 0. The van der Waals surface area contributed by atoms with E-state index < -0.39 is 0 Å². The summed E-state index contributed by atoms with van der Waals surface area (Å²) in [4.78, 5) is 0. The molecule has 3 rings (SSSR count). The Morgan fingerprint density at radius 1 is 1.10 bits per heavy atom. The first-order valence-electron chi connectivity index (χ1n) is 7.72. The fourth-order valence-corrected chi connectivity index (χ4v) is 2.92. The maximum Gasteiger partial charge on any atom is 0.0907 e. The van der Waals surface area contributed by atoms with Gasteiger partial charge in [-0.2, -0.15) is 5.10 Å². The van der Waals surface area contributed by atoms with Crippen LogP contribution in [0, 0.1) is 0 Å². The standard InChI is InChI=1S/C17H23N3O/c18-17(10-5-2-6-11-17)14-21-13-15-9-12-20(19-15)16-7-3-1-4-8-16/h1,3-4,7-9,12H,2,5-6,10-11,13-14,18H2. The summed E-state index contributed by atoms with van der Waals surface area (Å²) < 4.78 is 7.68. The minimum atomic E-state index is -0.125. The SMILES string of the molecule is NC1(COCc2ccn(-c3ccccc3)n2)CCCCC1. The molecule has 0 bridgehead atoms. The van der Waals surface area contributed by atoms with Crippen molar-refractivity contribution in [2.45, 2.75) is 44.2 Å². The van der Waals surface area contributed by atoms with Gasteiger partial charge in [0.05, 0.1) is 24.6 Å². The number of nitrogens with zero attached hydrogens (tertiary/aromatic N) is 2. The highest BCUT2D eigenvalue weighted by Crippen LogP contribution is 2.26. The Morgan fingerprint density at radius 2 is 1.86 bits per heavy atom. The van der Waals surface area contributed by atoms with Crippen molar-refractivity contribution in [3.63, 3.8) is 0 Å². The van der Waals surface area contributed by atoms with Crippen molar-refractivity contribution in [2.24, 2.45) is 5.73 Å². The zero-order valence-corrected chi connectivity index (χ0v) is 12.4. The molecule has 0 radical (unpaired) electrons. The van der Waals surface area contributed by atoms with E-state index in [-0.39, 0.29) is 5.54 Å². The largest absolute Gasteiger partial charge is 0.373 e. The molecule has 2 N–H and O–H groups in total. The molecule has 112 valence electrons. The van der Waals surface area contributed by atoms with Crippen LogP contribution in [0.2, 0.25) is 0 Å². The third kappa shape index (κ3) is 3.71. The van der Waals surface area contributed by atoms with Gasteiger partial charge in [0.15, 0.2) is 0 Å². The van der Waals surface area contributed by atoms with Gasteiger partial charge in [-0.25, -0.2) is 4.68 Å². The first-order valence-corrected chi connectivity index (χ1v) is 7.72. The normalized spacial score (nSPS) is 17.8. The molecule has 1 heterocycles. The van der Waals surface area contributed by atoms with Crippen molar-refractivity contribution in [1.29, 1.82) is 0 Å². The summed E-state index contributed by atoms with van der Waals surface area (Å²) in [7, 11) is 0. The Labute approximate surface area is 125 Å². The minimum absolute atomic E-state index is 0.125. The molecule has 2 aromatic rings. The summed E-state index contributed by atoms with van der Waals surface area (Å²) in [6.45, 7) is 1.16. The van der Waals surface area contributed by atoms with Crippen LogP contribution in [0.4, 0.5) is 0 Å². The van der Waals surface area contributed by atoms with Gasteiger partial charge in [-0.3, -0.25) is 0 Å². The number of hydrogen-bond acceptors (Lipinski definition) is 3. The monoisotopic (exact) mass is 285 g/mol. The number of ether oxygens (including phenoxy) is 1. The molecule has 0 amide bonds. The van der Waals surface area contributed by atoms with E-state index in [4.69, 9.17) is 10.5 Å². The smallest absolute Gasteiger partial charge is 0.0907 e. The van der Waals surface area contributed by atoms with Gasteiger partial charge >= 0.3 is 0 Å². The molecule has 1 aromatic carbocycles. The number of benzene rings is 1. The van der Waals surface area contributed by atoms with Crippen molar-refractivity contribution in [2.75, 3.05) is 6.61 Å². The van der Waals surface area contributed by atoms with Crippen LogP contribution in [-0.4, -0.2) is 21.9 Å². The number of rotatable bonds is 5. The number of nitrogens with two attached hydrogens (primary N) is 1. The Bertz CT molecular complexity index is 558. The molecule has 0 saturated heterocycles. The predicted molar refractivity (Wildman–Crippen MR) is 83.2 cm³/mol. The second-order valence-electron chi connectivity index (χ2n) is 6.00. The van der Waals surface area contributed by atoms with Crippen molar-refractivity contribution in [1.82, 2.24) is 9.78 Å². The lowest BCUT2D eigenvalue weighted by Gasteiger charge is -2.32. The summed E-state index contributed by atoms with van der Waals surface area (Å²) in [5, 5.41) is 4.54. The van der Waals surface area contributed by atoms with E-state index in [9.17, 15) is 0 Å². The van der Waals surface area contributed by atoms with Gasteiger partial charge in [0, 0.05) is 11.7 Å². The molecule has 21 heavy (non-hydrogen) atoms. The van der Waals surface area contributed by atoms with E-state index >= 15 is 0 Å².